The maximum atomic E-state index is 4.12. The van der Waals surface area contributed by atoms with Crippen LogP contribution in [0.1, 0.15) is 46.0 Å². The molecule has 0 nitrogen and oxygen atoms in total. The Morgan fingerprint density at radius 2 is 1.82 bits per heavy atom. The van der Waals surface area contributed by atoms with Crippen molar-refractivity contribution in [2.75, 3.05) is 0 Å². The average molecular weight is 268 g/mol. The first-order chi connectivity index (χ1) is 5.31. The molecule has 0 spiro atoms. The summed E-state index contributed by atoms with van der Waals surface area (Å²) in [5, 5.41) is 0. The van der Waals surface area contributed by atoms with Gasteiger partial charge in [0.15, 0.2) is 0 Å². The Kier molecular flexibility index (Phi) is 9.04. The monoisotopic (exact) mass is 270 g/mol. The van der Waals surface area contributed by atoms with Crippen LogP contribution >= 0.6 is 0 Å². The first-order valence-electron chi connectivity index (χ1n) is 4.61. The summed E-state index contributed by atoms with van der Waals surface area (Å²) in [7, 11) is 0. The topological polar surface area (TPSA) is 0 Å². The molecule has 0 aliphatic heterocycles. The van der Waals surface area contributed by atoms with Crippen LogP contribution < -0.4 is 0 Å². The zero-order chi connectivity index (χ0) is 8.53. The van der Waals surface area contributed by atoms with Gasteiger partial charge in [0, 0.05) is 0 Å². The van der Waals surface area contributed by atoms with Crippen molar-refractivity contribution in [2.24, 2.45) is 0 Å². The second-order valence-corrected chi connectivity index (χ2v) is 6.48. The van der Waals surface area contributed by atoms with Gasteiger partial charge in [0.05, 0.1) is 0 Å². The second-order valence-electron chi connectivity index (χ2n) is 2.84. The third-order valence-electron chi connectivity index (χ3n) is 1.61. The van der Waals surface area contributed by atoms with Gasteiger partial charge in [-0.3, -0.25) is 0 Å². The Hall–Kier alpha value is 0.530. The molecule has 0 aromatic carbocycles. The van der Waals surface area contributed by atoms with Gasteiger partial charge < -0.3 is 0 Å². The van der Waals surface area contributed by atoms with E-state index in [4.69, 9.17) is 0 Å². The van der Waals surface area contributed by atoms with Crippen molar-refractivity contribution in [3.8, 4) is 0 Å². The van der Waals surface area contributed by atoms with Crippen LogP contribution in [-0.4, -0.2) is 20.9 Å². The SMILES string of the molecule is C=C(CCCC)[Te]CCCC. The molecule has 0 N–H and O–H groups in total. The summed E-state index contributed by atoms with van der Waals surface area (Å²) in [5.74, 6) is 0. The van der Waals surface area contributed by atoms with Gasteiger partial charge in [0.2, 0.25) is 0 Å². The van der Waals surface area contributed by atoms with Crippen molar-refractivity contribution in [1.29, 1.82) is 0 Å². The van der Waals surface area contributed by atoms with E-state index in [9.17, 15) is 0 Å². The van der Waals surface area contributed by atoms with Crippen molar-refractivity contribution in [3.05, 3.63) is 10.2 Å². The van der Waals surface area contributed by atoms with Gasteiger partial charge in [-0.2, -0.15) is 0 Å². The zero-order valence-electron chi connectivity index (χ0n) is 7.86. The molecule has 0 aliphatic rings. The molecule has 0 rings (SSSR count). The van der Waals surface area contributed by atoms with E-state index in [0.29, 0.717) is 0 Å². The van der Waals surface area contributed by atoms with Crippen LogP contribution in [0, 0.1) is 0 Å². The third-order valence-corrected chi connectivity index (χ3v) is 4.77. The van der Waals surface area contributed by atoms with Gasteiger partial charge in [-0.05, 0) is 0 Å². The summed E-state index contributed by atoms with van der Waals surface area (Å²) in [6.45, 7) is 8.64. The molecule has 0 unspecified atom stereocenters. The molecule has 0 aromatic heterocycles. The molecule has 11 heavy (non-hydrogen) atoms. The van der Waals surface area contributed by atoms with Crippen molar-refractivity contribution in [3.63, 3.8) is 0 Å². The van der Waals surface area contributed by atoms with Gasteiger partial charge >= 0.3 is 81.5 Å². The molecule has 0 atom stereocenters. The molecule has 0 saturated carbocycles. The first kappa shape index (κ1) is 11.5. The molecule has 1 heteroatoms. The Labute approximate surface area is 81.5 Å². The molecular weight excluding hydrogens is 248 g/mol. The van der Waals surface area contributed by atoms with Crippen LogP contribution in [-0.2, 0) is 0 Å². The van der Waals surface area contributed by atoms with Crippen LogP contribution in [0.3, 0.4) is 0 Å². The summed E-state index contributed by atoms with van der Waals surface area (Å²) < 4.78 is 3.06. The Bertz CT molecular complexity index is 97.0. The van der Waals surface area contributed by atoms with Crippen molar-refractivity contribution in [1.82, 2.24) is 0 Å². The Balaban J connectivity index is 3.09. The average Bonchev–Trinajstić information content (AvgIpc) is 2.01. The molecule has 0 saturated heterocycles. The van der Waals surface area contributed by atoms with Gasteiger partial charge in [-0.25, -0.2) is 0 Å². The number of rotatable bonds is 7. The van der Waals surface area contributed by atoms with Gasteiger partial charge in [-0.15, -0.1) is 0 Å². The predicted octanol–water partition coefficient (Wildman–Crippen LogP) is 3.61. The molecule has 66 valence electrons. The quantitative estimate of drug-likeness (QED) is 0.488. The van der Waals surface area contributed by atoms with E-state index in [1.807, 2.05) is 0 Å². The molecule has 0 aliphatic carbocycles. The van der Waals surface area contributed by atoms with Crippen LogP contribution in [0.15, 0.2) is 10.2 Å². The van der Waals surface area contributed by atoms with E-state index in [1.54, 1.807) is 3.62 Å². The third kappa shape index (κ3) is 8.44. The number of hydrogen-bond acceptors (Lipinski definition) is 0. The fourth-order valence-corrected chi connectivity index (χ4v) is 3.69. The minimum atomic E-state index is 0.183. The maximum absolute atomic E-state index is 4.12. The van der Waals surface area contributed by atoms with Crippen molar-refractivity contribution in [2.45, 2.75) is 50.4 Å². The Morgan fingerprint density at radius 1 is 1.18 bits per heavy atom. The van der Waals surface area contributed by atoms with E-state index in [1.165, 1.54) is 36.6 Å². The van der Waals surface area contributed by atoms with Crippen LogP contribution in [0.5, 0.6) is 0 Å². The van der Waals surface area contributed by atoms with E-state index >= 15 is 0 Å². The fraction of sp³-hybridized carbons (Fsp3) is 0.800. The summed E-state index contributed by atoms with van der Waals surface area (Å²) in [6.07, 6.45) is 6.76. The van der Waals surface area contributed by atoms with Gasteiger partial charge in [0.1, 0.15) is 0 Å². The summed E-state index contributed by atoms with van der Waals surface area (Å²) in [4.78, 5) is 0. The second kappa shape index (κ2) is 8.62. The van der Waals surface area contributed by atoms with E-state index in [-0.39, 0.29) is 20.9 Å². The molecule has 0 aromatic rings. The number of allylic oxidation sites excluding steroid dienone is 1. The van der Waals surface area contributed by atoms with Crippen LogP contribution in [0.2, 0.25) is 4.47 Å². The summed E-state index contributed by atoms with van der Waals surface area (Å²) in [5.41, 5.74) is 0. The van der Waals surface area contributed by atoms with E-state index < -0.39 is 0 Å². The van der Waals surface area contributed by atoms with Crippen LogP contribution in [0.4, 0.5) is 0 Å². The van der Waals surface area contributed by atoms with Gasteiger partial charge in [0.25, 0.3) is 0 Å². The minimum absolute atomic E-state index is 0.183. The standard InChI is InChI=1S/C10H20Te/c1-4-6-8-10(3)11-9-7-5-2/h3-9H2,1-2H3. The molecule has 0 fully saturated rings. The first-order valence-corrected chi connectivity index (χ1v) is 7.43. The molecule has 0 amide bonds. The van der Waals surface area contributed by atoms with Crippen molar-refractivity contribution < 1.29 is 0 Å². The van der Waals surface area contributed by atoms with E-state index in [0.717, 1.165) is 0 Å². The normalized spacial score (nSPS) is 10.0. The van der Waals surface area contributed by atoms with Crippen molar-refractivity contribution >= 4 is 20.9 Å². The Morgan fingerprint density at radius 3 is 2.36 bits per heavy atom. The van der Waals surface area contributed by atoms with E-state index in [2.05, 4.69) is 20.4 Å². The zero-order valence-corrected chi connectivity index (χ0v) is 10.2. The molecule has 0 radical (unpaired) electrons. The summed E-state index contributed by atoms with van der Waals surface area (Å²) in [6, 6.07) is 0. The summed E-state index contributed by atoms with van der Waals surface area (Å²) >= 11 is 0.183. The molecule has 0 bridgehead atoms. The van der Waals surface area contributed by atoms with Crippen LogP contribution in [0.25, 0.3) is 0 Å². The fourth-order valence-electron chi connectivity index (χ4n) is 0.807. The predicted molar refractivity (Wildman–Crippen MR) is 54.1 cm³/mol. The number of hydrogen-bond donors (Lipinski definition) is 0. The number of unbranched alkanes of at least 4 members (excludes halogenated alkanes) is 2. The molecular formula is C10H20Te. The molecule has 0 heterocycles. The van der Waals surface area contributed by atoms with Gasteiger partial charge in [-0.1, -0.05) is 0 Å².